The number of fused-ring (bicyclic) bond motifs is 1. The van der Waals surface area contributed by atoms with Crippen molar-refractivity contribution >= 4 is 16.6 Å². The molecule has 0 fully saturated rings. The van der Waals surface area contributed by atoms with Gasteiger partial charge in [0.25, 0.3) is 0 Å². The van der Waals surface area contributed by atoms with Crippen LogP contribution in [-0.2, 0) is 0 Å². The molecule has 0 aliphatic carbocycles. The molecular weight excluding hydrogens is 262 g/mol. The zero-order valence-electron chi connectivity index (χ0n) is 12.4. The molecule has 1 aromatic carbocycles. The molecule has 0 amide bonds. The fraction of sp³-hybridized carbons (Fsp3) is 0.353. The second-order valence-corrected chi connectivity index (χ2v) is 5.21. The minimum Gasteiger partial charge on any atom is -0.496 e. The zero-order chi connectivity index (χ0) is 14.5. The highest BCUT2D eigenvalue weighted by molar-refractivity contribution is 5.95. The molecule has 3 rings (SSSR count). The van der Waals surface area contributed by atoms with E-state index in [2.05, 4.69) is 27.8 Å². The predicted molar refractivity (Wildman–Crippen MR) is 87.0 cm³/mol. The Kier molecular flexibility index (Phi) is 4.36. The number of hydrogen-bond donors (Lipinski definition) is 2. The molecule has 0 atom stereocenters. The standard InChI is InChI=1S/C17H21N3O/c1-21-16-4-2-3-15-14(16)8-12-20-17(15)19-11-7-13-5-9-18-10-6-13/h2-5,8,12,18H,6-7,9-11H2,1H3,(H,19,20). The Balaban J connectivity index is 1.73. The number of pyridine rings is 1. The summed E-state index contributed by atoms with van der Waals surface area (Å²) < 4.78 is 5.41. The van der Waals surface area contributed by atoms with Crippen LogP contribution < -0.4 is 15.4 Å². The summed E-state index contributed by atoms with van der Waals surface area (Å²) in [5.41, 5.74) is 1.53. The average molecular weight is 283 g/mol. The van der Waals surface area contributed by atoms with Crippen molar-refractivity contribution in [2.24, 2.45) is 0 Å². The highest BCUT2D eigenvalue weighted by atomic mass is 16.5. The van der Waals surface area contributed by atoms with Crippen molar-refractivity contribution in [1.82, 2.24) is 10.3 Å². The third-order valence-electron chi connectivity index (χ3n) is 3.88. The smallest absolute Gasteiger partial charge is 0.133 e. The Labute approximate surface area is 125 Å². The first kappa shape index (κ1) is 13.9. The molecule has 2 N–H and O–H groups in total. The quantitative estimate of drug-likeness (QED) is 0.828. The molecule has 0 spiro atoms. The minimum atomic E-state index is 0.888. The van der Waals surface area contributed by atoms with E-state index in [4.69, 9.17) is 4.74 Å². The molecule has 0 saturated heterocycles. The number of anilines is 1. The van der Waals surface area contributed by atoms with Crippen LogP contribution in [0.15, 0.2) is 42.1 Å². The molecule has 2 aromatic rings. The molecule has 110 valence electrons. The lowest BCUT2D eigenvalue weighted by Crippen LogP contribution is -2.21. The molecule has 4 heteroatoms. The summed E-state index contributed by atoms with van der Waals surface area (Å²) in [6.45, 7) is 3.00. The summed E-state index contributed by atoms with van der Waals surface area (Å²) >= 11 is 0. The van der Waals surface area contributed by atoms with Gasteiger partial charge >= 0.3 is 0 Å². The van der Waals surface area contributed by atoms with E-state index in [1.54, 1.807) is 7.11 Å². The van der Waals surface area contributed by atoms with Gasteiger partial charge in [-0.2, -0.15) is 0 Å². The van der Waals surface area contributed by atoms with Gasteiger partial charge in [-0.25, -0.2) is 4.98 Å². The van der Waals surface area contributed by atoms with Crippen molar-refractivity contribution in [3.05, 3.63) is 42.1 Å². The Bertz CT molecular complexity index is 652. The van der Waals surface area contributed by atoms with E-state index in [0.29, 0.717) is 0 Å². The topological polar surface area (TPSA) is 46.2 Å². The number of aromatic nitrogens is 1. The molecule has 1 aliphatic rings. The maximum absolute atomic E-state index is 5.41. The molecule has 1 aromatic heterocycles. The van der Waals surface area contributed by atoms with Crippen LogP contribution in [0.3, 0.4) is 0 Å². The molecule has 0 saturated carbocycles. The van der Waals surface area contributed by atoms with Crippen molar-refractivity contribution < 1.29 is 4.74 Å². The Morgan fingerprint density at radius 1 is 1.29 bits per heavy atom. The zero-order valence-corrected chi connectivity index (χ0v) is 12.4. The van der Waals surface area contributed by atoms with Crippen LogP contribution in [0.4, 0.5) is 5.82 Å². The maximum atomic E-state index is 5.41. The number of nitrogens with zero attached hydrogens (tertiary/aromatic N) is 1. The number of hydrogen-bond acceptors (Lipinski definition) is 4. The van der Waals surface area contributed by atoms with Crippen LogP contribution in [0.25, 0.3) is 10.8 Å². The summed E-state index contributed by atoms with van der Waals surface area (Å²) in [5, 5.41) is 9.00. The summed E-state index contributed by atoms with van der Waals surface area (Å²) in [4.78, 5) is 4.47. The molecule has 1 aliphatic heterocycles. The van der Waals surface area contributed by atoms with E-state index in [1.807, 2.05) is 24.4 Å². The molecule has 2 heterocycles. The van der Waals surface area contributed by atoms with Crippen LogP contribution >= 0.6 is 0 Å². The van der Waals surface area contributed by atoms with Crippen molar-refractivity contribution in [3.63, 3.8) is 0 Å². The largest absolute Gasteiger partial charge is 0.496 e. The Morgan fingerprint density at radius 3 is 3.05 bits per heavy atom. The van der Waals surface area contributed by atoms with E-state index >= 15 is 0 Å². The molecule has 4 nitrogen and oxygen atoms in total. The van der Waals surface area contributed by atoms with Crippen molar-refractivity contribution in [3.8, 4) is 5.75 Å². The monoisotopic (exact) mass is 283 g/mol. The first-order chi connectivity index (χ1) is 10.4. The van der Waals surface area contributed by atoms with Crippen LogP contribution in [0.2, 0.25) is 0 Å². The predicted octanol–water partition coefficient (Wildman–Crippen LogP) is 2.97. The van der Waals surface area contributed by atoms with E-state index < -0.39 is 0 Å². The third-order valence-corrected chi connectivity index (χ3v) is 3.88. The second-order valence-electron chi connectivity index (χ2n) is 5.21. The molecular formula is C17H21N3O. The lowest BCUT2D eigenvalue weighted by molar-refractivity contribution is 0.420. The molecule has 21 heavy (non-hydrogen) atoms. The number of rotatable bonds is 5. The lowest BCUT2D eigenvalue weighted by atomic mass is 10.1. The van der Waals surface area contributed by atoms with Crippen LogP contribution in [0, 0.1) is 0 Å². The normalized spacial score (nSPS) is 14.8. The number of ether oxygens (including phenoxy) is 1. The third kappa shape index (κ3) is 3.16. The van der Waals surface area contributed by atoms with E-state index in [1.165, 1.54) is 5.57 Å². The molecule has 0 unspecified atom stereocenters. The van der Waals surface area contributed by atoms with Crippen molar-refractivity contribution in [1.29, 1.82) is 0 Å². The lowest BCUT2D eigenvalue weighted by Gasteiger charge is -2.15. The van der Waals surface area contributed by atoms with Gasteiger partial charge in [-0.3, -0.25) is 0 Å². The SMILES string of the molecule is COc1cccc2c(NCCC3=CCNCC3)nccc12. The first-order valence-corrected chi connectivity index (χ1v) is 7.42. The molecule has 0 bridgehead atoms. The Hall–Kier alpha value is -2.07. The summed E-state index contributed by atoms with van der Waals surface area (Å²) in [6.07, 6.45) is 6.35. The van der Waals surface area contributed by atoms with Crippen molar-refractivity contribution in [2.75, 3.05) is 32.1 Å². The van der Waals surface area contributed by atoms with Crippen LogP contribution in [-0.4, -0.2) is 31.7 Å². The summed E-state index contributed by atoms with van der Waals surface area (Å²) in [6, 6.07) is 8.06. The number of nitrogens with one attached hydrogen (secondary N) is 2. The van der Waals surface area contributed by atoms with Gasteiger partial charge in [-0.05, 0) is 31.5 Å². The summed E-state index contributed by atoms with van der Waals surface area (Å²) in [5.74, 6) is 1.82. The fourth-order valence-corrected chi connectivity index (χ4v) is 2.74. The van der Waals surface area contributed by atoms with E-state index in [-0.39, 0.29) is 0 Å². The van der Waals surface area contributed by atoms with Gasteiger partial charge in [-0.15, -0.1) is 0 Å². The highest BCUT2D eigenvalue weighted by Gasteiger charge is 2.07. The van der Waals surface area contributed by atoms with Gasteiger partial charge < -0.3 is 15.4 Å². The van der Waals surface area contributed by atoms with Gasteiger partial charge in [0.1, 0.15) is 11.6 Å². The Morgan fingerprint density at radius 2 is 2.24 bits per heavy atom. The van der Waals surface area contributed by atoms with Crippen LogP contribution in [0.5, 0.6) is 5.75 Å². The number of benzene rings is 1. The van der Waals surface area contributed by atoms with E-state index in [9.17, 15) is 0 Å². The van der Waals surface area contributed by atoms with Gasteiger partial charge in [0.2, 0.25) is 0 Å². The summed E-state index contributed by atoms with van der Waals surface area (Å²) in [7, 11) is 1.70. The van der Waals surface area contributed by atoms with Gasteiger partial charge in [0, 0.05) is 30.1 Å². The van der Waals surface area contributed by atoms with Gasteiger partial charge in [0.05, 0.1) is 7.11 Å². The second kappa shape index (κ2) is 6.59. The first-order valence-electron chi connectivity index (χ1n) is 7.42. The average Bonchev–Trinajstić information content (AvgIpc) is 2.55. The molecule has 0 radical (unpaired) electrons. The van der Waals surface area contributed by atoms with Crippen LogP contribution in [0.1, 0.15) is 12.8 Å². The highest BCUT2D eigenvalue weighted by Crippen LogP contribution is 2.29. The van der Waals surface area contributed by atoms with Crippen molar-refractivity contribution in [2.45, 2.75) is 12.8 Å². The van der Waals surface area contributed by atoms with Gasteiger partial charge in [0.15, 0.2) is 0 Å². The maximum Gasteiger partial charge on any atom is 0.133 e. The fourth-order valence-electron chi connectivity index (χ4n) is 2.74. The van der Waals surface area contributed by atoms with E-state index in [0.717, 1.165) is 54.8 Å². The number of methoxy groups -OCH3 is 1. The minimum absolute atomic E-state index is 0.888. The van der Waals surface area contributed by atoms with Gasteiger partial charge in [-0.1, -0.05) is 23.8 Å².